The standard InChI is InChI=1S/C25H38N2O7/c1-7-15-32-21-18-19(17-20(30-5)22(21)31-6)23(28)33-16-9-11-26-10-8-12-27(14-13-26)24(29)34-25(2,3)4/h7,15,17-18H,8-14,16H2,1-6H3. The van der Waals surface area contributed by atoms with Crippen molar-refractivity contribution in [1.82, 2.24) is 9.80 Å². The molecule has 0 aromatic heterocycles. The fourth-order valence-electron chi connectivity index (χ4n) is 3.52. The zero-order valence-corrected chi connectivity index (χ0v) is 21.2. The number of hydrogen-bond acceptors (Lipinski definition) is 8. The summed E-state index contributed by atoms with van der Waals surface area (Å²) in [7, 11) is 3.01. The van der Waals surface area contributed by atoms with E-state index in [1.165, 1.54) is 20.5 Å². The maximum atomic E-state index is 12.6. The second-order valence-corrected chi connectivity index (χ2v) is 8.95. The molecule has 1 aromatic rings. The summed E-state index contributed by atoms with van der Waals surface area (Å²) in [6.45, 7) is 11.4. The molecule has 0 atom stereocenters. The van der Waals surface area contributed by atoms with E-state index in [0.717, 1.165) is 26.1 Å². The van der Waals surface area contributed by atoms with Crippen molar-refractivity contribution in [2.24, 2.45) is 0 Å². The average Bonchev–Trinajstić information content (AvgIpc) is 3.04. The van der Waals surface area contributed by atoms with Crippen LogP contribution in [-0.4, -0.2) is 81.0 Å². The molecule has 1 aromatic carbocycles. The predicted molar refractivity (Wildman–Crippen MR) is 129 cm³/mol. The van der Waals surface area contributed by atoms with Gasteiger partial charge in [0.2, 0.25) is 5.75 Å². The lowest BCUT2D eigenvalue weighted by molar-refractivity contribution is 0.0255. The van der Waals surface area contributed by atoms with Gasteiger partial charge in [0.1, 0.15) is 5.60 Å². The smallest absolute Gasteiger partial charge is 0.410 e. The van der Waals surface area contributed by atoms with Crippen LogP contribution in [0.2, 0.25) is 0 Å². The first-order valence-electron chi connectivity index (χ1n) is 11.6. The first kappa shape index (κ1) is 27.3. The molecule has 0 aliphatic carbocycles. The summed E-state index contributed by atoms with van der Waals surface area (Å²) in [5.41, 5.74) is -0.180. The molecule has 1 saturated heterocycles. The Morgan fingerprint density at radius 1 is 1.03 bits per heavy atom. The first-order valence-corrected chi connectivity index (χ1v) is 11.6. The number of rotatable bonds is 9. The van der Waals surface area contributed by atoms with Crippen molar-refractivity contribution < 1.29 is 33.3 Å². The molecule has 9 heteroatoms. The van der Waals surface area contributed by atoms with Gasteiger partial charge in [-0.2, -0.15) is 0 Å². The van der Waals surface area contributed by atoms with E-state index in [2.05, 4.69) is 4.90 Å². The highest BCUT2D eigenvalue weighted by Gasteiger charge is 2.24. The van der Waals surface area contributed by atoms with Gasteiger partial charge in [-0.25, -0.2) is 9.59 Å². The van der Waals surface area contributed by atoms with E-state index in [9.17, 15) is 9.59 Å². The number of allylic oxidation sites excluding steroid dienone is 1. The van der Waals surface area contributed by atoms with Gasteiger partial charge in [0.05, 0.1) is 32.7 Å². The molecular formula is C25H38N2O7. The Kier molecular flexibility index (Phi) is 10.5. The van der Waals surface area contributed by atoms with Gasteiger partial charge in [0.15, 0.2) is 11.5 Å². The fraction of sp³-hybridized carbons (Fsp3) is 0.600. The minimum absolute atomic E-state index is 0.268. The van der Waals surface area contributed by atoms with E-state index in [-0.39, 0.29) is 12.7 Å². The van der Waals surface area contributed by atoms with Crippen LogP contribution < -0.4 is 14.2 Å². The van der Waals surface area contributed by atoms with Crippen LogP contribution in [0.15, 0.2) is 24.5 Å². The number of methoxy groups -OCH3 is 2. The van der Waals surface area contributed by atoms with Gasteiger partial charge in [0.25, 0.3) is 0 Å². The van der Waals surface area contributed by atoms with Crippen LogP contribution in [-0.2, 0) is 9.47 Å². The molecule has 0 radical (unpaired) electrons. The lowest BCUT2D eigenvalue weighted by atomic mass is 10.2. The summed E-state index contributed by atoms with van der Waals surface area (Å²) < 4.78 is 27.2. The molecule has 9 nitrogen and oxygen atoms in total. The van der Waals surface area contributed by atoms with Crippen molar-refractivity contribution in [1.29, 1.82) is 0 Å². The Bertz CT molecular complexity index is 848. The van der Waals surface area contributed by atoms with Gasteiger partial charge in [-0.05, 0) is 59.2 Å². The Morgan fingerprint density at radius 2 is 1.76 bits per heavy atom. The molecule has 0 bridgehead atoms. The lowest BCUT2D eigenvalue weighted by Crippen LogP contribution is -2.39. The molecule has 34 heavy (non-hydrogen) atoms. The maximum Gasteiger partial charge on any atom is 0.410 e. The van der Waals surface area contributed by atoms with E-state index in [4.69, 9.17) is 23.7 Å². The number of carbonyl (C=O) groups excluding carboxylic acids is 2. The second-order valence-electron chi connectivity index (χ2n) is 8.95. The van der Waals surface area contributed by atoms with Crippen LogP contribution in [0.5, 0.6) is 17.2 Å². The highest BCUT2D eigenvalue weighted by atomic mass is 16.6. The molecule has 0 N–H and O–H groups in total. The van der Waals surface area contributed by atoms with Gasteiger partial charge in [0, 0.05) is 26.2 Å². The molecule has 1 heterocycles. The van der Waals surface area contributed by atoms with Gasteiger partial charge in [-0.15, -0.1) is 0 Å². The monoisotopic (exact) mass is 478 g/mol. The molecule has 0 spiro atoms. The quantitative estimate of drug-likeness (QED) is 0.298. The van der Waals surface area contributed by atoms with Crippen LogP contribution in [0.25, 0.3) is 0 Å². The lowest BCUT2D eigenvalue weighted by Gasteiger charge is -2.26. The third-order valence-electron chi connectivity index (χ3n) is 5.10. The van der Waals surface area contributed by atoms with E-state index in [0.29, 0.717) is 42.3 Å². The molecule has 2 rings (SSSR count). The SMILES string of the molecule is CC=COc1cc(C(=O)OCCCN2CCCN(C(=O)OC(C)(C)C)CC2)cc(OC)c1OC. The first-order chi connectivity index (χ1) is 16.2. The molecule has 1 aliphatic rings. The molecule has 1 amide bonds. The molecule has 190 valence electrons. The highest BCUT2D eigenvalue weighted by molar-refractivity contribution is 5.91. The summed E-state index contributed by atoms with van der Waals surface area (Å²) in [5, 5.41) is 0. The van der Waals surface area contributed by atoms with E-state index < -0.39 is 11.6 Å². The zero-order valence-electron chi connectivity index (χ0n) is 21.2. The minimum Gasteiger partial charge on any atom is -0.493 e. The number of amides is 1. The number of nitrogens with zero attached hydrogens (tertiary/aromatic N) is 2. The van der Waals surface area contributed by atoms with Crippen molar-refractivity contribution in [2.45, 2.75) is 46.1 Å². The molecular weight excluding hydrogens is 440 g/mol. The average molecular weight is 479 g/mol. The summed E-state index contributed by atoms with van der Waals surface area (Å²) in [4.78, 5) is 29.0. The molecule has 0 unspecified atom stereocenters. The van der Waals surface area contributed by atoms with Crippen molar-refractivity contribution in [3.8, 4) is 17.2 Å². The normalized spacial score (nSPS) is 15.1. The summed E-state index contributed by atoms with van der Waals surface area (Å²) in [5.74, 6) is 0.693. The zero-order chi connectivity index (χ0) is 25.1. The maximum absolute atomic E-state index is 12.6. The minimum atomic E-state index is -0.500. The van der Waals surface area contributed by atoms with Crippen LogP contribution in [0.4, 0.5) is 4.79 Å². The van der Waals surface area contributed by atoms with Gasteiger partial charge < -0.3 is 33.5 Å². The van der Waals surface area contributed by atoms with Crippen LogP contribution in [0, 0.1) is 0 Å². The van der Waals surface area contributed by atoms with Crippen molar-refractivity contribution in [3.05, 3.63) is 30.0 Å². The number of ether oxygens (including phenoxy) is 5. The summed E-state index contributed by atoms with van der Waals surface area (Å²) in [6, 6.07) is 3.15. The second kappa shape index (κ2) is 13.1. The van der Waals surface area contributed by atoms with Gasteiger partial charge in [-0.1, -0.05) is 6.08 Å². The number of esters is 1. The number of hydrogen-bond donors (Lipinski definition) is 0. The number of benzene rings is 1. The fourth-order valence-corrected chi connectivity index (χ4v) is 3.52. The third-order valence-corrected chi connectivity index (χ3v) is 5.10. The highest BCUT2D eigenvalue weighted by Crippen LogP contribution is 2.38. The molecule has 1 fully saturated rings. The number of carbonyl (C=O) groups is 2. The van der Waals surface area contributed by atoms with Crippen LogP contribution in [0.1, 0.15) is 50.9 Å². The summed E-state index contributed by atoms with van der Waals surface area (Å²) in [6.07, 6.45) is 4.52. The van der Waals surface area contributed by atoms with Crippen LogP contribution >= 0.6 is 0 Å². The van der Waals surface area contributed by atoms with Crippen molar-refractivity contribution in [3.63, 3.8) is 0 Å². The molecule has 1 aliphatic heterocycles. The van der Waals surface area contributed by atoms with E-state index in [1.807, 2.05) is 27.7 Å². The largest absolute Gasteiger partial charge is 0.493 e. The third kappa shape index (κ3) is 8.44. The van der Waals surface area contributed by atoms with Gasteiger partial charge >= 0.3 is 12.1 Å². The van der Waals surface area contributed by atoms with E-state index in [1.54, 1.807) is 23.1 Å². The summed E-state index contributed by atoms with van der Waals surface area (Å²) >= 11 is 0. The van der Waals surface area contributed by atoms with Gasteiger partial charge in [-0.3, -0.25) is 0 Å². The Balaban J connectivity index is 1.85. The Morgan fingerprint density at radius 3 is 2.41 bits per heavy atom. The van der Waals surface area contributed by atoms with Crippen molar-refractivity contribution in [2.75, 3.05) is 53.6 Å². The van der Waals surface area contributed by atoms with Crippen molar-refractivity contribution >= 4 is 12.1 Å². The topological polar surface area (TPSA) is 86.8 Å². The van der Waals surface area contributed by atoms with Crippen LogP contribution in [0.3, 0.4) is 0 Å². The predicted octanol–water partition coefficient (Wildman–Crippen LogP) is 4.11. The molecule has 0 saturated carbocycles. The van der Waals surface area contributed by atoms with E-state index >= 15 is 0 Å². The Hall–Kier alpha value is -2.94. The Labute approximate surface area is 202 Å².